The lowest BCUT2D eigenvalue weighted by atomic mass is 10.0. The highest BCUT2D eigenvalue weighted by Crippen LogP contribution is 2.36. The average Bonchev–Trinajstić information content (AvgIpc) is 3.32. The molecule has 1 saturated heterocycles. The second-order valence-corrected chi connectivity index (χ2v) is 7.56. The summed E-state index contributed by atoms with van der Waals surface area (Å²) in [7, 11) is 0. The van der Waals surface area contributed by atoms with E-state index in [9.17, 15) is 5.11 Å². The van der Waals surface area contributed by atoms with Crippen LogP contribution in [0, 0.1) is 0 Å². The van der Waals surface area contributed by atoms with Crippen molar-refractivity contribution >= 4 is 17.0 Å². The second-order valence-electron chi connectivity index (χ2n) is 6.53. The summed E-state index contributed by atoms with van der Waals surface area (Å²) in [6.45, 7) is 4.26. The van der Waals surface area contributed by atoms with Crippen LogP contribution >= 0.6 is 11.3 Å². The van der Waals surface area contributed by atoms with Crippen LogP contribution in [-0.2, 0) is 6.54 Å². The van der Waals surface area contributed by atoms with Crippen molar-refractivity contribution in [1.29, 1.82) is 0 Å². The Morgan fingerprint density at radius 2 is 2.00 bits per heavy atom. The molecule has 0 spiro atoms. The summed E-state index contributed by atoms with van der Waals surface area (Å²) in [5.41, 5.74) is 1.20. The topological polar surface area (TPSA) is 45.2 Å². The molecule has 2 aliphatic rings. The van der Waals surface area contributed by atoms with Gasteiger partial charge >= 0.3 is 0 Å². The lowest BCUT2D eigenvalue weighted by Crippen LogP contribution is -2.45. The molecule has 0 radical (unpaired) electrons. The van der Waals surface area contributed by atoms with E-state index in [4.69, 9.17) is 9.47 Å². The zero-order valence-corrected chi connectivity index (χ0v) is 15.1. The minimum Gasteiger partial charge on any atom is -0.454 e. The summed E-state index contributed by atoms with van der Waals surface area (Å²) in [6.07, 6.45) is 2.22. The highest BCUT2D eigenvalue weighted by atomic mass is 32.1. The van der Waals surface area contributed by atoms with Crippen LogP contribution in [0.2, 0.25) is 0 Å². The number of thiophene rings is 1. The second kappa shape index (κ2) is 7.64. The molecule has 3 heterocycles. The van der Waals surface area contributed by atoms with Gasteiger partial charge in [0.25, 0.3) is 0 Å². The van der Waals surface area contributed by atoms with Gasteiger partial charge in [-0.15, -0.1) is 11.3 Å². The van der Waals surface area contributed by atoms with Gasteiger partial charge in [-0.25, -0.2) is 0 Å². The van der Waals surface area contributed by atoms with Crippen LogP contribution in [0.5, 0.6) is 11.5 Å². The summed E-state index contributed by atoms with van der Waals surface area (Å²) in [6, 6.07) is 11.0. The first-order valence-corrected chi connectivity index (χ1v) is 9.73. The average molecular weight is 360 g/mol. The van der Waals surface area contributed by atoms with Crippen molar-refractivity contribution in [2.45, 2.75) is 25.4 Å². The predicted molar refractivity (Wildman–Crippen MR) is 99.6 cm³/mol. The highest BCUT2D eigenvalue weighted by Gasteiger charge is 2.25. The first kappa shape index (κ1) is 16.7. The van der Waals surface area contributed by atoms with Crippen molar-refractivity contribution in [2.24, 2.45) is 0 Å². The number of hydrogen-bond donors (Lipinski definition) is 1. The molecule has 25 heavy (non-hydrogen) atoms. The maximum Gasteiger partial charge on any atom is 0.231 e. The van der Waals surface area contributed by atoms with E-state index in [-0.39, 0.29) is 6.61 Å². The van der Waals surface area contributed by atoms with Gasteiger partial charge in [0.05, 0.1) is 6.61 Å². The molecule has 0 unspecified atom stereocenters. The minimum atomic E-state index is 0.216. The Bertz CT molecular complexity index is 684. The summed E-state index contributed by atoms with van der Waals surface area (Å²) >= 11 is 1.79. The lowest BCUT2D eigenvalue weighted by Gasteiger charge is -2.39. The van der Waals surface area contributed by atoms with E-state index in [0.717, 1.165) is 50.5 Å². The fourth-order valence-electron chi connectivity index (χ4n) is 3.69. The normalized spacial score (nSPS) is 17.4. The third-order valence-electron chi connectivity index (χ3n) is 5.03. The van der Waals surface area contributed by atoms with Crippen molar-refractivity contribution in [1.82, 2.24) is 4.90 Å². The predicted octanol–water partition coefficient (Wildman–Crippen LogP) is 2.94. The van der Waals surface area contributed by atoms with Crippen LogP contribution in [0.25, 0.3) is 0 Å². The number of aliphatic hydroxyl groups is 1. The third kappa shape index (κ3) is 3.76. The van der Waals surface area contributed by atoms with Crippen LogP contribution in [-0.4, -0.2) is 49.1 Å². The molecule has 1 aromatic heterocycles. The van der Waals surface area contributed by atoms with Crippen molar-refractivity contribution in [3.63, 3.8) is 0 Å². The third-order valence-corrected chi connectivity index (χ3v) is 5.89. The summed E-state index contributed by atoms with van der Waals surface area (Å²) in [4.78, 5) is 6.22. The Morgan fingerprint density at radius 1 is 1.16 bits per heavy atom. The molecule has 0 saturated carbocycles. The first-order chi connectivity index (χ1) is 12.3. The standard InChI is InChI=1S/C19H24N2O3S/c22-10-9-21(13-17-2-1-11-25-17)15-5-7-20(8-6-15)16-3-4-18-19(12-16)24-14-23-18/h1-4,11-12,15,22H,5-10,13-14H2. The molecule has 0 atom stereocenters. The Balaban J connectivity index is 1.38. The minimum absolute atomic E-state index is 0.216. The monoisotopic (exact) mass is 360 g/mol. The van der Waals surface area contributed by atoms with Crippen molar-refractivity contribution in [3.05, 3.63) is 40.6 Å². The number of hydrogen-bond acceptors (Lipinski definition) is 6. The van der Waals surface area contributed by atoms with Gasteiger partial charge in [0, 0.05) is 48.9 Å². The summed E-state index contributed by atoms with van der Waals surface area (Å²) < 4.78 is 10.9. The van der Waals surface area contributed by atoms with Crippen molar-refractivity contribution in [2.75, 3.05) is 37.9 Å². The van der Waals surface area contributed by atoms with E-state index < -0.39 is 0 Å². The Labute approximate surface area is 152 Å². The molecule has 6 heteroatoms. The molecule has 1 fully saturated rings. The number of aliphatic hydroxyl groups excluding tert-OH is 1. The number of anilines is 1. The van der Waals surface area contributed by atoms with Crippen molar-refractivity contribution in [3.8, 4) is 11.5 Å². The molecule has 0 aliphatic carbocycles. The maximum atomic E-state index is 9.44. The Morgan fingerprint density at radius 3 is 2.76 bits per heavy atom. The SMILES string of the molecule is OCCN(Cc1cccs1)C1CCN(c2ccc3c(c2)OCO3)CC1. The molecule has 0 bridgehead atoms. The van der Waals surface area contributed by atoms with Gasteiger partial charge < -0.3 is 19.5 Å². The molecule has 1 aromatic carbocycles. The number of benzene rings is 1. The smallest absolute Gasteiger partial charge is 0.231 e. The molecule has 4 rings (SSSR count). The lowest BCUT2D eigenvalue weighted by molar-refractivity contribution is 0.127. The molecule has 134 valence electrons. The number of ether oxygens (including phenoxy) is 2. The molecule has 5 nitrogen and oxygen atoms in total. The molecule has 2 aliphatic heterocycles. The van der Waals surface area contributed by atoms with E-state index in [1.54, 1.807) is 11.3 Å². The Kier molecular flexibility index (Phi) is 5.10. The fraction of sp³-hybridized carbons (Fsp3) is 0.474. The van der Waals surface area contributed by atoms with Crippen LogP contribution in [0.1, 0.15) is 17.7 Å². The highest BCUT2D eigenvalue weighted by molar-refractivity contribution is 7.09. The maximum absolute atomic E-state index is 9.44. The zero-order chi connectivity index (χ0) is 17.1. The number of nitrogens with zero attached hydrogens (tertiary/aromatic N) is 2. The fourth-order valence-corrected chi connectivity index (χ4v) is 4.42. The molecular formula is C19H24N2O3S. The molecule has 1 N–H and O–H groups in total. The van der Waals surface area contributed by atoms with Crippen LogP contribution in [0.4, 0.5) is 5.69 Å². The van der Waals surface area contributed by atoms with Gasteiger partial charge in [-0.2, -0.15) is 0 Å². The summed E-state index contributed by atoms with van der Waals surface area (Å²) in [5.74, 6) is 1.68. The first-order valence-electron chi connectivity index (χ1n) is 8.85. The largest absolute Gasteiger partial charge is 0.454 e. The van der Waals surface area contributed by atoms with Gasteiger partial charge in [0.15, 0.2) is 11.5 Å². The summed E-state index contributed by atoms with van der Waals surface area (Å²) in [5, 5.41) is 11.6. The van der Waals surface area contributed by atoms with Crippen molar-refractivity contribution < 1.29 is 14.6 Å². The Hall–Kier alpha value is -1.76. The van der Waals surface area contributed by atoms with Gasteiger partial charge in [-0.1, -0.05) is 6.07 Å². The van der Waals surface area contributed by atoms with E-state index in [0.29, 0.717) is 12.8 Å². The van der Waals surface area contributed by atoms with E-state index >= 15 is 0 Å². The van der Waals surface area contributed by atoms with E-state index in [1.165, 1.54) is 10.6 Å². The quantitative estimate of drug-likeness (QED) is 0.858. The molecule has 0 amide bonds. The molecular weight excluding hydrogens is 336 g/mol. The van der Waals surface area contributed by atoms with Crippen LogP contribution < -0.4 is 14.4 Å². The number of fused-ring (bicyclic) bond motifs is 1. The van der Waals surface area contributed by atoms with Gasteiger partial charge in [0.1, 0.15) is 0 Å². The van der Waals surface area contributed by atoms with Gasteiger partial charge in [-0.05, 0) is 36.4 Å². The zero-order valence-electron chi connectivity index (χ0n) is 14.3. The van der Waals surface area contributed by atoms with Gasteiger partial charge in [0.2, 0.25) is 6.79 Å². The van der Waals surface area contributed by atoms with E-state index in [2.05, 4.69) is 39.4 Å². The molecule has 2 aromatic rings. The van der Waals surface area contributed by atoms with Gasteiger partial charge in [-0.3, -0.25) is 4.90 Å². The number of piperidine rings is 1. The van der Waals surface area contributed by atoms with E-state index in [1.807, 2.05) is 6.07 Å². The van der Waals surface area contributed by atoms with Crippen LogP contribution in [0.3, 0.4) is 0 Å². The number of rotatable bonds is 6. The van der Waals surface area contributed by atoms with Crippen LogP contribution in [0.15, 0.2) is 35.7 Å².